The Labute approximate surface area is 102 Å². The van der Waals surface area contributed by atoms with Crippen LogP contribution in [0.3, 0.4) is 0 Å². The summed E-state index contributed by atoms with van der Waals surface area (Å²) < 4.78 is 0. The van der Waals surface area contributed by atoms with Crippen molar-refractivity contribution in [2.24, 2.45) is 17.6 Å². The van der Waals surface area contributed by atoms with Gasteiger partial charge < -0.3 is 10.6 Å². The van der Waals surface area contributed by atoms with Gasteiger partial charge in [0.25, 0.3) is 0 Å². The summed E-state index contributed by atoms with van der Waals surface area (Å²) in [7, 11) is 0. The molecule has 0 aliphatic carbocycles. The lowest BCUT2D eigenvalue weighted by Gasteiger charge is -2.36. The molecule has 1 aliphatic heterocycles. The zero-order valence-electron chi connectivity index (χ0n) is 10.2. The first-order valence-electron chi connectivity index (χ1n) is 6.18. The third kappa shape index (κ3) is 2.84. The van der Waals surface area contributed by atoms with Crippen LogP contribution in [0.1, 0.15) is 31.2 Å². The second-order valence-corrected chi connectivity index (χ2v) is 6.10. The molecule has 0 aromatic carbocycles. The van der Waals surface area contributed by atoms with Crippen molar-refractivity contribution < 1.29 is 0 Å². The van der Waals surface area contributed by atoms with E-state index < -0.39 is 0 Å². The number of piperidine rings is 1. The van der Waals surface area contributed by atoms with Crippen LogP contribution in [0, 0.1) is 11.8 Å². The molecule has 1 aliphatic rings. The first kappa shape index (κ1) is 12.1. The molecule has 0 amide bonds. The van der Waals surface area contributed by atoms with E-state index in [9.17, 15) is 0 Å². The van der Waals surface area contributed by atoms with E-state index in [1.807, 2.05) is 0 Å². The largest absolute Gasteiger partial charge is 0.322 e. The van der Waals surface area contributed by atoms with Gasteiger partial charge in [0.15, 0.2) is 0 Å². The third-order valence-corrected chi connectivity index (χ3v) is 4.79. The lowest BCUT2D eigenvalue weighted by Crippen LogP contribution is -2.41. The van der Waals surface area contributed by atoms with E-state index >= 15 is 0 Å². The van der Waals surface area contributed by atoms with Crippen molar-refractivity contribution in [3.05, 3.63) is 22.4 Å². The van der Waals surface area contributed by atoms with Gasteiger partial charge in [0.1, 0.15) is 0 Å². The Hall–Kier alpha value is -0.380. The summed E-state index contributed by atoms with van der Waals surface area (Å²) in [6, 6.07) is 4.42. The van der Waals surface area contributed by atoms with E-state index in [4.69, 9.17) is 5.73 Å². The Morgan fingerprint density at radius 2 is 2.31 bits per heavy atom. The Morgan fingerprint density at radius 3 is 2.94 bits per heavy atom. The van der Waals surface area contributed by atoms with Crippen LogP contribution in [0.2, 0.25) is 0 Å². The van der Waals surface area contributed by atoms with Gasteiger partial charge in [0.2, 0.25) is 0 Å². The molecular weight excluding hydrogens is 216 g/mol. The highest BCUT2D eigenvalue weighted by molar-refractivity contribution is 7.10. The lowest BCUT2D eigenvalue weighted by molar-refractivity contribution is 0.132. The van der Waals surface area contributed by atoms with Gasteiger partial charge in [-0.05, 0) is 36.2 Å². The van der Waals surface area contributed by atoms with E-state index in [1.165, 1.54) is 24.4 Å². The van der Waals surface area contributed by atoms with Gasteiger partial charge in [0.05, 0.1) is 6.04 Å². The Morgan fingerprint density at radius 1 is 1.50 bits per heavy atom. The molecule has 0 bridgehead atoms. The van der Waals surface area contributed by atoms with Gasteiger partial charge in [-0.2, -0.15) is 0 Å². The molecule has 3 unspecified atom stereocenters. The molecule has 2 rings (SSSR count). The fourth-order valence-corrected chi connectivity index (χ4v) is 3.11. The van der Waals surface area contributed by atoms with Gasteiger partial charge in [-0.15, -0.1) is 11.3 Å². The predicted molar refractivity (Wildman–Crippen MR) is 70.6 cm³/mol. The standard InChI is InChI=1S/C13H22N2S/c1-10-5-6-15(8-11(10)2)9-12(14)13-4-3-7-16-13/h3-4,7,10-12H,5-6,8-9,14H2,1-2H3. The molecule has 1 fully saturated rings. The molecule has 1 aromatic rings. The average Bonchev–Trinajstić information content (AvgIpc) is 2.77. The Kier molecular flexibility index (Phi) is 4.00. The summed E-state index contributed by atoms with van der Waals surface area (Å²) in [5.41, 5.74) is 6.22. The fraction of sp³-hybridized carbons (Fsp3) is 0.692. The minimum Gasteiger partial charge on any atom is -0.322 e. The topological polar surface area (TPSA) is 29.3 Å². The smallest absolute Gasteiger partial charge is 0.0519 e. The van der Waals surface area contributed by atoms with Crippen LogP contribution in [-0.4, -0.2) is 24.5 Å². The average molecular weight is 238 g/mol. The highest BCUT2D eigenvalue weighted by Gasteiger charge is 2.24. The van der Waals surface area contributed by atoms with Crippen LogP contribution in [-0.2, 0) is 0 Å². The van der Waals surface area contributed by atoms with E-state index in [-0.39, 0.29) is 6.04 Å². The van der Waals surface area contributed by atoms with Crippen molar-refractivity contribution in [3.8, 4) is 0 Å². The second-order valence-electron chi connectivity index (χ2n) is 5.12. The summed E-state index contributed by atoms with van der Waals surface area (Å²) in [5.74, 6) is 1.68. The van der Waals surface area contributed by atoms with Gasteiger partial charge >= 0.3 is 0 Å². The molecule has 0 radical (unpaired) electrons. The number of thiophene rings is 1. The monoisotopic (exact) mass is 238 g/mol. The number of likely N-dealkylation sites (tertiary alicyclic amines) is 1. The number of rotatable bonds is 3. The van der Waals surface area contributed by atoms with Gasteiger partial charge in [-0.3, -0.25) is 0 Å². The van der Waals surface area contributed by atoms with Crippen LogP contribution in [0.15, 0.2) is 17.5 Å². The highest BCUT2D eigenvalue weighted by atomic mass is 32.1. The first-order chi connectivity index (χ1) is 7.66. The zero-order valence-corrected chi connectivity index (χ0v) is 11.0. The number of nitrogens with zero attached hydrogens (tertiary/aromatic N) is 1. The number of hydrogen-bond donors (Lipinski definition) is 1. The molecular formula is C13H22N2S. The lowest BCUT2D eigenvalue weighted by atomic mass is 9.88. The minimum atomic E-state index is 0.195. The second kappa shape index (κ2) is 5.30. The number of nitrogens with two attached hydrogens (primary N) is 1. The first-order valence-corrected chi connectivity index (χ1v) is 7.06. The molecule has 1 saturated heterocycles. The molecule has 3 atom stereocenters. The normalized spacial score (nSPS) is 29.2. The molecule has 3 heteroatoms. The minimum absolute atomic E-state index is 0.195. The summed E-state index contributed by atoms with van der Waals surface area (Å²) in [5, 5.41) is 2.11. The van der Waals surface area contributed by atoms with Crippen LogP contribution in [0.5, 0.6) is 0 Å². The predicted octanol–water partition coefficient (Wildman–Crippen LogP) is 2.73. The van der Waals surface area contributed by atoms with E-state index in [0.717, 1.165) is 18.4 Å². The third-order valence-electron chi connectivity index (χ3n) is 3.78. The van der Waals surface area contributed by atoms with E-state index in [1.54, 1.807) is 11.3 Å². The van der Waals surface area contributed by atoms with Crippen molar-refractivity contribution in [1.82, 2.24) is 4.90 Å². The molecule has 2 heterocycles. The van der Waals surface area contributed by atoms with Crippen molar-refractivity contribution in [1.29, 1.82) is 0 Å². The van der Waals surface area contributed by atoms with Crippen molar-refractivity contribution in [3.63, 3.8) is 0 Å². The molecule has 2 nitrogen and oxygen atoms in total. The Bertz CT molecular complexity index is 310. The van der Waals surface area contributed by atoms with Gasteiger partial charge in [-0.25, -0.2) is 0 Å². The maximum Gasteiger partial charge on any atom is 0.0519 e. The molecule has 16 heavy (non-hydrogen) atoms. The molecule has 90 valence electrons. The zero-order chi connectivity index (χ0) is 11.5. The SMILES string of the molecule is CC1CCN(CC(N)c2cccs2)CC1C. The van der Waals surface area contributed by atoms with Crippen LogP contribution >= 0.6 is 11.3 Å². The van der Waals surface area contributed by atoms with E-state index in [2.05, 4.69) is 36.3 Å². The van der Waals surface area contributed by atoms with Crippen LogP contribution in [0.4, 0.5) is 0 Å². The molecule has 2 N–H and O–H groups in total. The summed E-state index contributed by atoms with van der Waals surface area (Å²) >= 11 is 1.77. The fourth-order valence-electron chi connectivity index (χ4n) is 2.39. The number of hydrogen-bond acceptors (Lipinski definition) is 3. The summed E-state index contributed by atoms with van der Waals surface area (Å²) in [4.78, 5) is 3.83. The summed E-state index contributed by atoms with van der Waals surface area (Å²) in [6.07, 6.45) is 1.32. The van der Waals surface area contributed by atoms with Crippen LogP contribution < -0.4 is 5.73 Å². The van der Waals surface area contributed by atoms with Crippen molar-refractivity contribution in [2.45, 2.75) is 26.3 Å². The van der Waals surface area contributed by atoms with Crippen LogP contribution in [0.25, 0.3) is 0 Å². The van der Waals surface area contributed by atoms with Gasteiger partial charge in [-0.1, -0.05) is 19.9 Å². The maximum atomic E-state index is 6.22. The van der Waals surface area contributed by atoms with Gasteiger partial charge in [0, 0.05) is 18.0 Å². The highest BCUT2D eigenvalue weighted by Crippen LogP contribution is 2.24. The van der Waals surface area contributed by atoms with E-state index in [0.29, 0.717) is 0 Å². The van der Waals surface area contributed by atoms with Crippen molar-refractivity contribution >= 4 is 11.3 Å². The molecule has 0 spiro atoms. The molecule has 0 saturated carbocycles. The Balaban J connectivity index is 1.86. The quantitative estimate of drug-likeness (QED) is 0.877. The molecule has 1 aromatic heterocycles. The maximum absolute atomic E-state index is 6.22. The van der Waals surface area contributed by atoms with Crippen molar-refractivity contribution in [2.75, 3.05) is 19.6 Å². The summed E-state index contributed by atoms with van der Waals surface area (Å²) in [6.45, 7) is 8.15.